The van der Waals surface area contributed by atoms with Crippen molar-refractivity contribution in [1.29, 1.82) is 0 Å². The Hall–Kier alpha value is -1.72. The standard InChI is InChI=1S/C25H38N4O/c1-4-5-12-22(29-16(2)8-6-9-17(29)3)20-10-7-11-21-24(20)28-23(25(30)27-21)18-13-14-19(26)15-18/h7,10-11,16-19,22H,4-6,8-9,12-15,26H2,1-3H3,(H,27,30). The van der Waals surface area contributed by atoms with Gasteiger partial charge in [-0.2, -0.15) is 0 Å². The number of piperidine rings is 1. The summed E-state index contributed by atoms with van der Waals surface area (Å²) >= 11 is 0. The molecule has 5 nitrogen and oxygen atoms in total. The minimum Gasteiger partial charge on any atom is -0.328 e. The van der Waals surface area contributed by atoms with Crippen LogP contribution in [0.2, 0.25) is 0 Å². The van der Waals surface area contributed by atoms with Crippen molar-refractivity contribution in [3.05, 3.63) is 39.8 Å². The minimum atomic E-state index is -0.0384. The van der Waals surface area contributed by atoms with Crippen LogP contribution in [0.15, 0.2) is 23.0 Å². The molecule has 4 rings (SSSR count). The van der Waals surface area contributed by atoms with Crippen molar-refractivity contribution in [1.82, 2.24) is 14.9 Å². The van der Waals surface area contributed by atoms with Gasteiger partial charge in [0.05, 0.1) is 11.0 Å². The lowest BCUT2D eigenvalue weighted by Crippen LogP contribution is -2.46. The number of fused-ring (bicyclic) bond motifs is 1. The summed E-state index contributed by atoms with van der Waals surface area (Å²) in [6.07, 6.45) is 10.2. The summed E-state index contributed by atoms with van der Waals surface area (Å²) in [5.74, 6) is 0.183. The SMILES string of the molecule is CCCCC(c1cccc2[nH]c(=O)c(C3CCC(N)C3)nc12)N1C(C)CCCC1C. The fourth-order valence-corrected chi connectivity index (χ4v) is 5.87. The second-order valence-electron chi connectivity index (χ2n) is 9.70. The first kappa shape index (κ1) is 21.5. The molecule has 1 saturated heterocycles. The van der Waals surface area contributed by atoms with Crippen molar-refractivity contribution in [2.45, 2.75) is 109 Å². The van der Waals surface area contributed by atoms with E-state index in [-0.39, 0.29) is 17.5 Å². The Kier molecular flexibility index (Phi) is 6.59. The molecule has 5 atom stereocenters. The molecule has 2 fully saturated rings. The number of likely N-dealkylation sites (tertiary alicyclic amines) is 1. The number of aromatic amines is 1. The molecule has 2 aliphatic rings. The second kappa shape index (κ2) is 9.19. The Morgan fingerprint density at radius 2 is 1.97 bits per heavy atom. The van der Waals surface area contributed by atoms with E-state index in [9.17, 15) is 4.79 Å². The summed E-state index contributed by atoms with van der Waals surface area (Å²) in [6.45, 7) is 7.02. The third kappa shape index (κ3) is 4.19. The van der Waals surface area contributed by atoms with Gasteiger partial charge in [-0.05, 0) is 64.0 Å². The Bertz CT molecular complexity index is 913. The first-order chi connectivity index (χ1) is 14.5. The number of hydrogen-bond acceptors (Lipinski definition) is 4. The van der Waals surface area contributed by atoms with E-state index in [1.807, 2.05) is 6.07 Å². The summed E-state index contributed by atoms with van der Waals surface area (Å²) in [7, 11) is 0. The zero-order valence-electron chi connectivity index (χ0n) is 18.9. The highest BCUT2D eigenvalue weighted by molar-refractivity contribution is 5.78. The first-order valence-electron chi connectivity index (χ1n) is 12.1. The van der Waals surface area contributed by atoms with Crippen molar-refractivity contribution >= 4 is 11.0 Å². The number of unbranched alkanes of at least 4 members (excludes halogenated alkanes) is 1. The normalized spacial score (nSPS) is 28.8. The number of nitrogens with zero attached hydrogens (tertiary/aromatic N) is 2. The van der Waals surface area contributed by atoms with Crippen LogP contribution in [-0.2, 0) is 0 Å². The van der Waals surface area contributed by atoms with Gasteiger partial charge >= 0.3 is 0 Å². The summed E-state index contributed by atoms with van der Waals surface area (Å²) in [5, 5.41) is 0. The summed E-state index contributed by atoms with van der Waals surface area (Å²) in [5.41, 5.74) is 9.92. The molecule has 5 heteroatoms. The van der Waals surface area contributed by atoms with Crippen LogP contribution in [0.3, 0.4) is 0 Å². The first-order valence-corrected chi connectivity index (χ1v) is 12.1. The molecule has 0 radical (unpaired) electrons. The second-order valence-corrected chi connectivity index (χ2v) is 9.70. The average Bonchev–Trinajstić information content (AvgIpc) is 3.15. The lowest BCUT2D eigenvalue weighted by Gasteiger charge is -2.44. The molecule has 1 aliphatic carbocycles. The van der Waals surface area contributed by atoms with E-state index in [0.29, 0.717) is 23.8 Å². The summed E-state index contributed by atoms with van der Waals surface area (Å²) in [4.78, 5) is 23.7. The highest BCUT2D eigenvalue weighted by atomic mass is 16.1. The van der Waals surface area contributed by atoms with E-state index in [0.717, 1.165) is 36.7 Å². The van der Waals surface area contributed by atoms with Gasteiger partial charge in [0.15, 0.2) is 0 Å². The van der Waals surface area contributed by atoms with Gasteiger partial charge in [0.25, 0.3) is 5.56 Å². The number of hydrogen-bond donors (Lipinski definition) is 2. The third-order valence-corrected chi connectivity index (χ3v) is 7.45. The third-order valence-electron chi connectivity index (χ3n) is 7.45. The molecule has 30 heavy (non-hydrogen) atoms. The summed E-state index contributed by atoms with van der Waals surface area (Å²) < 4.78 is 0. The minimum absolute atomic E-state index is 0.0384. The van der Waals surface area contributed by atoms with Crippen LogP contribution in [0, 0.1) is 0 Å². The molecular weight excluding hydrogens is 372 g/mol. The van der Waals surface area contributed by atoms with Gasteiger partial charge in [-0.3, -0.25) is 9.69 Å². The van der Waals surface area contributed by atoms with E-state index in [1.54, 1.807) is 0 Å². The van der Waals surface area contributed by atoms with Crippen LogP contribution in [0.5, 0.6) is 0 Å². The van der Waals surface area contributed by atoms with Gasteiger partial charge in [-0.15, -0.1) is 0 Å². The number of para-hydroxylation sites is 1. The van der Waals surface area contributed by atoms with E-state index in [1.165, 1.54) is 37.7 Å². The number of H-pyrrole nitrogens is 1. The molecule has 1 aliphatic heterocycles. The topological polar surface area (TPSA) is 75.0 Å². The quantitative estimate of drug-likeness (QED) is 0.702. The molecule has 1 saturated carbocycles. The van der Waals surface area contributed by atoms with E-state index < -0.39 is 0 Å². The van der Waals surface area contributed by atoms with Gasteiger partial charge < -0.3 is 10.7 Å². The Labute approximate surface area is 180 Å². The smallest absolute Gasteiger partial charge is 0.270 e. The average molecular weight is 411 g/mol. The van der Waals surface area contributed by atoms with Crippen molar-refractivity contribution in [3.63, 3.8) is 0 Å². The molecule has 1 aromatic heterocycles. The molecule has 5 unspecified atom stereocenters. The van der Waals surface area contributed by atoms with Crippen molar-refractivity contribution in [3.8, 4) is 0 Å². The lowest BCUT2D eigenvalue weighted by atomic mass is 9.89. The van der Waals surface area contributed by atoms with Crippen molar-refractivity contribution < 1.29 is 0 Å². The zero-order chi connectivity index (χ0) is 21.3. The van der Waals surface area contributed by atoms with Gasteiger partial charge in [-0.25, -0.2) is 4.98 Å². The van der Waals surface area contributed by atoms with Gasteiger partial charge in [0.1, 0.15) is 5.69 Å². The molecule has 1 aromatic carbocycles. The largest absolute Gasteiger partial charge is 0.328 e. The maximum absolute atomic E-state index is 12.8. The fraction of sp³-hybridized carbons (Fsp3) is 0.680. The molecule has 0 amide bonds. The predicted molar refractivity (Wildman–Crippen MR) is 124 cm³/mol. The summed E-state index contributed by atoms with van der Waals surface area (Å²) in [6, 6.07) is 8.00. The van der Waals surface area contributed by atoms with E-state index >= 15 is 0 Å². The van der Waals surface area contributed by atoms with Gasteiger partial charge in [0.2, 0.25) is 0 Å². The Balaban J connectivity index is 1.80. The zero-order valence-corrected chi connectivity index (χ0v) is 18.9. The number of nitrogens with two attached hydrogens (primary N) is 1. The maximum Gasteiger partial charge on any atom is 0.270 e. The maximum atomic E-state index is 12.8. The predicted octanol–water partition coefficient (Wildman–Crippen LogP) is 5.01. The number of benzene rings is 1. The van der Waals surface area contributed by atoms with Crippen LogP contribution >= 0.6 is 0 Å². The van der Waals surface area contributed by atoms with Crippen LogP contribution in [-0.4, -0.2) is 33.0 Å². The highest BCUT2D eigenvalue weighted by Crippen LogP contribution is 2.38. The fourth-order valence-electron chi connectivity index (χ4n) is 5.87. The van der Waals surface area contributed by atoms with Crippen molar-refractivity contribution in [2.24, 2.45) is 5.73 Å². The van der Waals surface area contributed by atoms with Gasteiger partial charge in [-0.1, -0.05) is 38.3 Å². The number of aromatic nitrogens is 2. The molecule has 0 bridgehead atoms. The molecular formula is C25H38N4O. The lowest BCUT2D eigenvalue weighted by molar-refractivity contribution is 0.0495. The monoisotopic (exact) mass is 410 g/mol. The highest BCUT2D eigenvalue weighted by Gasteiger charge is 2.33. The van der Waals surface area contributed by atoms with E-state index in [4.69, 9.17) is 10.7 Å². The van der Waals surface area contributed by atoms with Crippen LogP contribution < -0.4 is 11.3 Å². The molecule has 2 heterocycles. The number of rotatable bonds is 6. The number of nitrogens with one attached hydrogen (secondary N) is 1. The van der Waals surface area contributed by atoms with Crippen LogP contribution in [0.1, 0.15) is 102 Å². The molecule has 3 N–H and O–H groups in total. The molecule has 164 valence electrons. The van der Waals surface area contributed by atoms with E-state index in [2.05, 4.69) is 42.8 Å². The Morgan fingerprint density at radius 1 is 1.20 bits per heavy atom. The van der Waals surface area contributed by atoms with Gasteiger partial charge in [0, 0.05) is 30.1 Å². The molecule has 0 spiro atoms. The van der Waals surface area contributed by atoms with Crippen LogP contribution in [0.25, 0.3) is 11.0 Å². The Morgan fingerprint density at radius 3 is 2.63 bits per heavy atom. The van der Waals surface area contributed by atoms with Crippen molar-refractivity contribution in [2.75, 3.05) is 0 Å². The van der Waals surface area contributed by atoms with Crippen LogP contribution in [0.4, 0.5) is 0 Å². The molecule has 2 aromatic rings.